The van der Waals surface area contributed by atoms with Gasteiger partial charge in [-0.25, -0.2) is 9.97 Å². The van der Waals surface area contributed by atoms with Crippen LogP contribution in [0.25, 0.3) is 56.2 Å². The van der Waals surface area contributed by atoms with Gasteiger partial charge in [0, 0.05) is 27.8 Å². The van der Waals surface area contributed by atoms with Crippen molar-refractivity contribution >= 4 is 0 Å². The van der Waals surface area contributed by atoms with E-state index in [1.807, 2.05) is 0 Å². The van der Waals surface area contributed by atoms with E-state index in [1.165, 1.54) is 59.9 Å². The van der Waals surface area contributed by atoms with Gasteiger partial charge < -0.3 is 4.74 Å². The van der Waals surface area contributed by atoms with Gasteiger partial charge in [-0.1, -0.05) is 146 Å². The van der Waals surface area contributed by atoms with Gasteiger partial charge >= 0.3 is 0 Å². The van der Waals surface area contributed by atoms with Gasteiger partial charge in [0.25, 0.3) is 0 Å². The van der Waals surface area contributed by atoms with Gasteiger partial charge in [0.05, 0.1) is 16.8 Å². The van der Waals surface area contributed by atoms with Crippen LogP contribution < -0.4 is 4.74 Å². The highest BCUT2D eigenvalue weighted by Gasteiger charge is 2.77. The van der Waals surface area contributed by atoms with E-state index < -0.39 is 5.41 Å². The first-order valence-electron chi connectivity index (χ1n) is 21.9. The second-order valence-corrected chi connectivity index (χ2v) is 18.7. The Hall–Kier alpha value is -6.58. The summed E-state index contributed by atoms with van der Waals surface area (Å²) in [6.45, 7) is 0. The second kappa shape index (κ2) is 11.8. The van der Waals surface area contributed by atoms with E-state index in [9.17, 15) is 0 Å². The maximum Gasteiger partial charge on any atom is 0.160 e. The molecule has 4 unspecified atom stereocenters. The summed E-state index contributed by atoms with van der Waals surface area (Å²) in [6.07, 6.45) is 7.17. The number of benzene rings is 7. The Morgan fingerprint density at radius 1 is 0.433 bits per heavy atom. The molecule has 0 N–H and O–H groups in total. The number of hydrogen-bond acceptors (Lipinski definition) is 3. The Balaban J connectivity index is 0.945. The van der Waals surface area contributed by atoms with Crippen molar-refractivity contribution in [3.63, 3.8) is 0 Å². The molecule has 8 aromatic rings. The molecule has 14 rings (SSSR count). The molecule has 286 valence electrons. The predicted molar refractivity (Wildman–Crippen MR) is 239 cm³/mol. The Labute approximate surface area is 350 Å². The average molecular weight is 771 g/mol. The Bertz CT molecular complexity index is 3030. The smallest absolute Gasteiger partial charge is 0.160 e. The lowest BCUT2D eigenvalue weighted by atomic mass is 9.38. The van der Waals surface area contributed by atoms with E-state index in [2.05, 4.69) is 176 Å². The largest absolute Gasteiger partial charge is 0.457 e. The summed E-state index contributed by atoms with van der Waals surface area (Å²) in [7, 11) is 0. The molecule has 0 radical (unpaired) electrons. The highest BCUT2D eigenvalue weighted by molar-refractivity contribution is 5.90. The molecule has 4 fully saturated rings. The maximum atomic E-state index is 6.64. The Morgan fingerprint density at radius 3 is 1.75 bits per heavy atom. The fourth-order valence-corrected chi connectivity index (χ4v) is 13.8. The second-order valence-electron chi connectivity index (χ2n) is 18.7. The van der Waals surface area contributed by atoms with E-state index in [-0.39, 0.29) is 0 Å². The van der Waals surface area contributed by atoms with Gasteiger partial charge in [-0.15, -0.1) is 0 Å². The van der Waals surface area contributed by atoms with Crippen molar-refractivity contribution < 1.29 is 4.74 Å². The van der Waals surface area contributed by atoms with Crippen LogP contribution in [0.3, 0.4) is 0 Å². The van der Waals surface area contributed by atoms with Crippen molar-refractivity contribution in [3.05, 3.63) is 204 Å². The zero-order valence-corrected chi connectivity index (χ0v) is 33.3. The quantitative estimate of drug-likeness (QED) is 0.175. The van der Waals surface area contributed by atoms with E-state index in [0.29, 0.717) is 10.8 Å². The molecular formula is C57H42N2O. The standard InChI is InChI=1S/C57H42N2O/c1-2-11-35(12-3-1)37-13-10-14-39(27-37)54-58-50(36-21-24-40(25-22-36)55-32-42-29-41-30-43(33-55)56(41,42)34-55)31-51(59-54)38-23-26-45-44-15-4-5-16-46(44)57(49(45)28-38)47-17-6-8-19-52(47)60-53-20-9-7-18-48(53)57/h1-28,31,41-43H,29-30,32-34H2/t41?,42-,43?,55?,56?/m0/s1. The zero-order valence-electron chi connectivity index (χ0n) is 33.3. The van der Waals surface area contributed by atoms with Gasteiger partial charge in [-0.05, 0) is 130 Å². The van der Waals surface area contributed by atoms with Crippen LogP contribution in [0.5, 0.6) is 11.5 Å². The number of fused-ring (bicyclic) bond motifs is 10. The van der Waals surface area contributed by atoms with Crippen LogP contribution in [-0.4, -0.2) is 9.97 Å². The fraction of sp³-hybridized carbons (Fsp3) is 0.193. The summed E-state index contributed by atoms with van der Waals surface area (Å²) in [4.78, 5) is 10.8. The highest BCUT2D eigenvalue weighted by Crippen LogP contribution is 2.84. The molecule has 4 saturated carbocycles. The SMILES string of the molecule is c1ccc(-c2cccc(-c3nc(-c4ccc(C56CC7CC8C[C@@H](C5)C87C6)cc4)cc(-c4ccc5c(c4)C4(c6ccccc6Oc6ccccc64)c4ccccc4-5)n3)c2)cc1. The first-order chi connectivity index (χ1) is 29.6. The predicted octanol–water partition coefficient (Wildman–Crippen LogP) is 13.7. The molecule has 2 heterocycles. The number of nitrogens with zero attached hydrogens (tertiary/aromatic N) is 2. The summed E-state index contributed by atoms with van der Waals surface area (Å²) in [6, 6.07) is 64.2. The number of rotatable bonds is 5. The minimum Gasteiger partial charge on any atom is -0.457 e. The summed E-state index contributed by atoms with van der Waals surface area (Å²) < 4.78 is 6.64. The molecule has 2 spiro atoms. The molecule has 3 nitrogen and oxygen atoms in total. The third kappa shape index (κ3) is 4.25. The highest BCUT2D eigenvalue weighted by atomic mass is 16.5. The normalized spacial score (nSPS) is 24.9. The first kappa shape index (κ1) is 33.3. The number of para-hydroxylation sites is 2. The molecule has 5 aliphatic carbocycles. The lowest BCUT2D eigenvalue weighted by Gasteiger charge is -2.66. The number of ether oxygens (including phenoxy) is 1. The third-order valence-corrected chi connectivity index (χ3v) is 16.2. The molecule has 5 atom stereocenters. The fourth-order valence-electron chi connectivity index (χ4n) is 13.8. The van der Waals surface area contributed by atoms with Crippen LogP contribution in [0.1, 0.15) is 59.9 Å². The molecular weight excluding hydrogens is 729 g/mol. The van der Waals surface area contributed by atoms with E-state index >= 15 is 0 Å². The van der Waals surface area contributed by atoms with Gasteiger partial charge in [0.1, 0.15) is 11.5 Å². The average Bonchev–Trinajstić information content (AvgIpc) is 3.91. The molecule has 6 aliphatic rings. The molecule has 1 aliphatic heterocycles. The molecule has 0 amide bonds. The molecule has 0 saturated heterocycles. The number of aromatic nitrogens is 2. The maximum absolute atomic E-state index is 6.64. The van der Waals surface area contributed by atoms with Crippen molar-refractivity contribution in [2.24, 2.45) is 23.2 Å². The lowest BCUT2D eigenvalue weighted by molar-refractivity contribution is -0.175. The van der Waals surface area contributed by atoms with Crippen LogP contribution in [0.15, 0.2) is 176 Å². The minimum atomic E-state index is -0.551. The van der Waals surface area contributed by atoms with Gasteiger partial charge in [0.2, 0.25) is 0 Å². The minimum absolute atomic E-state index is 0.373. The number of hydrogen-bond donors (Lipinski definition) is 0. The summed E-state index contributed by atoms with van der Waals surface area (Å²) in [5, 5.41) is 0. The van der Waals surface area contributed by atoms with Crippen molar-refractivity contribution in [2.45, 2.75) is 42.9 Å². The molecule has 2 bridgehead atoms. The van der Waals surface area contributed by atoms with Crippen LogP contribution >= 0.6 is 0 Å². The topological polar surface area (TPSA) is 35.0 Å². The molecule has 3 heteroatoms. The van der Waals surface area contributed by atoms with Gasteiger partial charge in [0.15, 0.2) is 5.82 Å². The molecule has 60 heavy (non-hydrogen) atoms. The van der Waals surface area contributed by atoms with Crippen molar-refractivity contribution in [2.75, 3.05) is 0 Å². The van der Waals surface area contributed by atoms with E-state index in [4.69, 9.17) is 14.7 Å². The first-order valence-corrected chi connectivity index (χ1v) is 21.9. The van der Waals surface area contributed by atoms with Gasteiger partial charge in [-0.3, -0.25) is 0 Å². The van der Waals surface area contributed by atoms with Crippen LogP contribution in [-0.2, 0) is 10.8 Å². The van der Waals surface area contributed by atoms with Crippen molar-refractivity contribution in [3.8, 4) is 67.7 Å². The summed E-state index contributed by atoms with van der Waals surface area (Å²) in [5.74, 6) is 5.48. The van der Waals surface area contributed by atoms with Crippen molar-refractivity contribution in [1.82, 2.24) is 9.97 Å². The van der Waals surface area contributed by atoms with E-state index in [1.54, 1.807) is 5.56 Å². The molecule has 7 aromatic carbocycles. The zero-order chi connectivity index (χ0) is 39.2. The molecule has 1 aromatic heterocycles. The van der Waals surface area contributed by atoms with Crippen LogP contribution in [0.2, 0.25) is 0 Å². The van der Waals surface area contributed by atoms with Crippen LogP contribution in [0.4, 0.5) is 0 Å². The Morgan fingerprint density at radius 2 is 1.03 bits per heavy atom. The van der Waals surface area contributed by atoms with Crippen molar-refractivity contribution in [1.29, 1.82) is 0 Å². The van der Waals surface area contributed by atoms with E-state index in [0.717, 1.165) is 79.8 Å². The third-order valence-electron chi connectivity index (χ3n) is 16.2. The van der Waals surface area contributed by atoms with Crippen LogP contribution in [0, 0.1) is 23.2 Å². The lowest BCUT2D eigenvalue weighted by Crippen LogP contribution is -2.59. The monoisotopic (exact) mass is 770 g/mol. The summed E-state index contributed by atoms with van der Waals surface area (Å²) in [5.41, 5.74) is 16.8. The Kier molecular flexibility index (Phi) is 6.54. The van der Waals surface area contributed by atoms with Gasteiger partial charge in [-0.2, -0.15) is 0 Å². The summed E-state index contributed by atoms with van der Waals surface area (Å²) >= 11 is 0.